The van der Waals surface area contributed by atoms with Gasteiger partial charge in [-0.1, -0.05) is 30.4 Å². The van der Waals surface area contributed by atoms with E-state index in [4.69, 9.17) is 4.74 Å². The van der Waals surface area contributed by atoms with Crippen LogP contribution in [0.4, 0.5) is 8.78 Å². The molecule has 0 heterocycles. The predicted octanol–water partition coefficient (Wildman–Crippen LogP) is 5.68. The second-order valence-corrected chi connectivity index (χ2v) is 5.41. The van der Waals surface area contributed by atoms with Crippen LogP contribution >= 0.6 is 0 Å². The van der Waals surface area contributed by atoms with Crippen molar-refractivity contribution in [3.05, 3.63) is 59.7 Å². The van der Waals surface area contributed by atoms with E-state index in [2.05, 4.69) is 6.08 Å². The quantitative estimate of drug-likeness (QED) is 0.636. The summed E-state index contributed by atoms with van der Waals surface area (Å²) in [5, 5.41) is 0. The zero-order valence-corrected chi connectivity index (χ0v) is 13.1. The second kappa shape index (κ2) is 7.92. The zero-order valence-electron chi connectivity index (χ0n) is 13.1. The Labute approximate surface area is 131 Å². The van der Waals surface area contributed by atoms with E-state index in [1.54, 1.807) is 18.2 Å². The molecule has 3 heteroatoms. The first-order chi connectivity index (χ1) is 10.7. The Morgan fingerprint density at radius 3 is 2.64 bits per heavy atom. The molecule has 0 aromatic heterocycles. The maximum Gasteiger partial charge on any atom is 0.201 e. The average molecular weight is 304 g/mol. The van der Waals surface area contributed by atoms with E-state index < -0.39 is 11.6 Å². The van der Waals surface area contributed by atoms with Crippen molar-refractivity contribution in [1.29, 1.82) is 0 Å². The third kappa shape index (κ3) is 3.85. The molecule has 0 radical (unpaired) electrons. The first-order valence-electron chi connectivity index (χ1n) is 7.71. The van der Waals surface area contributed by atoms with Gasteiger partial charge in [-0.25, -0.2) is 4.39 Å². The molecule has 0 amide bonds. The van der Waals surface area contributed by atoms with Crippen LogP contribution in [0.5, 0.6) is 5.75 Å². The standard InChI is InChI=1S/C19H22F2O/c1-3-5-13-22-17-12-11-16(18(20)19(17)21)15-9-7-14(6-4-2)8-10-15/h3-6,9,11-12,14H,7-8,10,13H2,1-2H3/b5-3+,6-4+. The van der Waals surface area contributed by atoms with Crippen molar-refractivity contribution in [3.63, 3.8) is 0 Å². The van der Waals surface area contributed by atoms with Gasteiger partial charge in [-0.3, -0.25) is 0 Å². The third-order valence-electron chi connectivity index (χ3n) is 3.88. The maximum absolute atomic E-state index is 14.3. The van der Waals surface area contributed by atoms with Crippen molar-refractivity contribution < 1.29 is 13.5 Å². The highest BCUT2D eigenvalue weighted by molar-refractivity contribution is 5.67. The van der Waals surface area contributed by atoms with E-state index in [-0.39, 0.29) is 12.4 Å². The van der Waals surface area contributed by atoms with Gasteiger partial charge in [-0.05, 0) is 56.7 Å². The summed E-state index contributed by atoms with van der Waals surface area (Å²) in [7, 11) is 0. The monoisotopic (exact) mass is 304 g/mol. The smallest absolute Gasteiger partial charge is 0.201 e. The number of hydrogen-bond donors (Lipinski definition) is 0. The molecule has 118 valence electrons. The molecule has 1 atom stereocenters. The van der Waals surface area contributed by atoms with E-state index in [0.717, 1.165) is 24.8 Å². The van der Waals surface area contributed by atoms with Crippen molar-refractivity contribution in [2.45, 2.75) is 33.1 Å². The molecule has 0 fully saturated rings. The SMILES string of the molecule is C/C=C/COc1ccc(C2=CCC(/C=C/C)CC2)c(F)c1F. The molecule has 1 unspecified atom stereocenters. The van der Waals surface area contributed by atoms with Crippen molar-refractivity contribution >= 4 is 5.57 Å². The summed E-state index contributed by atoms with van der Waals surface area (Å²) in [6.07, 6.45) is 12.4. The van der Waals surface area contributed by atoms with Crippen molar-refractivity contribution in [1.82, 2.24) is 0 Å². The predicted molar refractivity (Wildman–Crippen MR) is 86.8 cm³/mol. The van der Waals surface area contributed by atoms with Crippen LogP contribution in [0.2, 0.25) is 0 Å². The molecule has 1 aromatic carbocycles. The van der Waals surface area contributed by atoms with Gasteiger partial charge in [0, 0.05) is 5.56 Å². The Balaban J connectivity index is 2.17. The normalized spacial score (nSPS) is 18.9. The number of halogens is 2. The van der Waals surface area contributed by atoms with Crippen molar-refractivity contribution in [3.8, 4) is 5.75 Å². The van der Waals surface area contributed by atoms with Gasteiger partial charge in [-0.2, -0.15) is 4.39 Å². The highest BCUT2D eigenvalue weighted by Gasteiger charge is 2.20. The fraction of sp³-hybridized carbons (Fsp3) is 0.368. The number of allylic oxidation sites excluding steroid dienone is 5. The summed E-state index contributed by atoms with van der Waals surface area (Å²) >= 11 is 0. The molecule has 0 N–H and O–H groups in total. The lowest BCUT2D eigenvalue weighted by molar-refractivity contribution is 0.332. The molecule has 1 aromatic rings. The minimum atomic E-state index is -0.904. The topological polar surface area (TPSA) is 9.23 Å². The van der Waals surface area contributed by atoms with Crippen LogP contribution in [0, 0.1) is 17.6 Å². The number of hydrogen-bond acceptors (Lipinski definition) is 1. The summed E-state index contributed by atoms with van der Waals surface area (Å²) in [5.41, 5.74) is 1.24. The molecule has 1 nitrogen and oxygen atoms in total. The summed E-state index contributed by atoms with van der Waals surface area (Å²) in [6, 6.07) is 3.13. The molecular formula is C19H22F2O. The van der Waals surface area contributed by atoms with Gasteiger partial charge < -0.3 is 4.74 Å². The lowest BCUT2D eigenvalue weighted by Gasteiger charge is -2.20. The van der Waals surface area contributed by atoms with Crippen LogP contribution in [0.15, 0.2) is 42.5 Å². The number of ether oxygens (including phenoxy) is 1. The number of rotatable bonds is 5. The van der Waals surface area contributed by atoms with Gasteiger partial charge in [0.25, 0.3) is 0 Å². The Morgan fingerprint density at radius 1 is 1.18 bits per heavy atom. The molecular weight excluding hydrogens is 282 g/mol. The maximum atomic E-state index is 14.3. The first-order valence-corrected chi connectivity index (χ1v) is 7.71. The van der Waals surface area contributed by atoms with Gasteiger partial charge in [-0.15, -0.1) is 0 Å². The van der Waals surface area contributed by atoms with Crippen LogP contribution in [0.25, 0.3) is 5.57 Å². The molecule has 22 heavy (non-hydrogen) atoms. The fourth-order valence-electron chi connectivity index (χ4n) is 2.67. The highest BCUT2D eigenvalue weighted by atomic mass is 19.2. The Hall–Kier alpha value is -1.90. The lowest BCUT2D eigenvalue weighted by Crippen LogP contribution is -2.05. The van der Waals surface area contributed by atoms with E-state index in [9.17, 15) is 8.78 Å². The van der Waals surface area contributed by atoms with Gasteiger partial charge in [0.1, 0.15) is 6.61 Å². The summed E-state index contributed by atoms with van der Waals surface area (Å²) in [4.78, 5) is 0. The summed E-state index contributed by atoms with van der Waals surface area (Å²) < 4.78 is 33.6. The molecule has 1 aliphatic carbocycles. The molecule has 2 rings (SSSR count). The van der Waals surface area contributed by atoms with Gasteiger partial charge in [0.2, 0.25) is 5.82 Å². The average Bonchev–Trinajstić information content (AvgIpc) is 2.53. The fourth-order valence-corrected chi connectivity index (χ4v) is 2.67. The molecule has 0 bridgehead atoms. The van der Waals surface area contributed by atoms with Crippen LogP contribution < -0.4 is 4.74 Å². The van der Waals surface area contributed by atoms with Crippen LogP contribution in [0.3, 0.4) is 0 Å². The Bertz CT molecular complexity index is 600. The minimum absolute atomic E-state index is 0.0393. The lowest BCUT2D eigenvalue weighted by atomic mass is 9.86. The molecule has 0 saturated heterocycles. The Kier molecular flexibility index (Phi) is 5.93. The third-order valence-corrected chi connectivity index (χ3v) is 3.88. The van der Waals surface area contributed by atoms with Crippen LogP contribution in [0.1, 0.15) is 38.7 Å². The second-order valence-electron chi connectivity index (χ2n) is 5.41. The first kappa shape index (κ1) is 16.5. The van der Waals surface area contributed by atoms with Crippen LogP contribution in [-0.4, -0.2) is 6.61 Å². The number of benzene rings is 1. The van der Waals surface area contributed by atoms with E-state index >= 15 is 0 Å². The Morgan fingerprint density at radius 2 is 2.00 bits per heavy atom. The van der Waals surface area contributed by atoms with E-state index in [0.29, 0.717) is 11.5 Å². The summed E-state index contributed by atoms with van der Waals surface area (Å²) in [5.74, 6) is -1.25. The van der Waals surface area contributed by atoms with Gasteiger partial charge >= 0.3 is 0 Å². The van der Waals surface area contributed by atoms with Crippen molar-refractivity contribution in [2.75, 3.05) is 6.61 Å². The van der Waals surface area contributed by atoms with Crippen molar-refractivity contribution in [2.24, 2.45) is 5.92 Å². The molecule has 0 saturated carbocycles. The van der Waals surface area contributed by atoms with Crippen LogP contribution in [-0.2, 0) is 0 Å². The molecule has 1 aliphatic rings. The zero-order chi connectivity index (χ0) is 15.9. The largest absolute Gasteiger partial charge is 0.486 e. The molecule has 0 aliphatic heterocycles. The van der Waals surface area contributed by atoms with Gasteiger partial charge in [0.15, 0.2) is 11.6 Å². The van der Waals surface area contributed by atoms with E-state index in [1.165, 1.54) is 6.07 Å². The summed E-state index contributed by atoms with van der Waals surface area (Å²) in [6.45, 7) is 4.08. The van der Waals surface area contributed by atoms with Gasteiger partial charge in [0.05, 0.1) is 0 Å². The molecule has 0 spiro atoms. The highest BCUT2D eigenvalue weighted by Crippen LogP contribution is 2.34. The minimum Gasteiger partial charge on any atom is -0.486 e. The van der Waals surface area contributed by atoms with E-state index in [1.807, 2.05) is 26.0 Å².